The van der Waals surface area contributed by atoms with Crippen molar-refractivity contribution in [2.75, 3.05) is 13.1 Å². The molecule has 2 bridgehead atoms. The number of fused-ring (bicyclic) bond motifs is 4. The van der Waals surface area contributed by atoms with Gasteiger partial charge in [-0.05, 0) is 85.0 Å². The second-order valence-electron chi connectivity index (χ2n) is 16.0. The molecule has 6 nitrogen and oxygen atoms in total. The first-order valence-electron chi connectivity index (χ1n) is 20.4. The van der Waals surface area contributed by atoms with Crippen LogP contribution in [0.5, 0.6) is 0 Å². The van der Waals surface area contributed by atoms with Crippen molar-refractivity contribution in [3.8, 4) is 0 Å². The van der Waals surface area contributed by atoms with Crippen LogP contribution in [0.15, 0.2) is 108 Å². The number of rotatable bonds is 10. The zero-order valence-electron chi connectivity index (χ0n) is 30.8. The van der Waals surface area contributed by atoms with Gasteiger partial charge in [-0.25, -0.2) is 4.99 Å². The molecule has 3 atom stereocenters. The Morgan fingerprint density at radius 3 is 1.96 bits per heavy atom. The zero-order chi connectivity index (χ0) is 35.1. The van der Waals surface area contributed by atoms with Crippen molar-refractivity contribution in [1.29, 1.82) is 0 Å². The summed E-state index contributed by atoms with van der Waals surface area (Å²) < 4.78 is 0. The van der Waals surface area contributed by atoms with Crippen LogP contribution < -0.4 is 16.0 Å². The first-order chi connectivity index (χ1) is 25.7. The van der Waals surface area contributed by atoms with E-state index in [-0.39, 0.29) is 23.9 Å². The van der Waals surface area contributed by atoms with Crippen molar-refractivity contribution < 1.29 is 4.79 Å². The Kier molecular flexibility index (Phi) is 11.2. The van der Waals surface area contributed by atoms with E-state index >= 15 is 4.79 Å². The van der Waals surface area contributed by atoms with Gasteiger partial charge in [0.15, 0.2) is 5.96 Å². The van der Waals surface area contributed by atoms with Crippen LogP contribution in [-0.4, -0.2) is 60.1 Å². The number of hydrogen-bond donors (Lipinski definition) is 3. The fraction of sp³-hybridized carbons (Fsp3) is 0.478. The van der Waals surface area contributed by atoms with Gasteiger partial charge in [0.05, 0.1) is 6.04 Å². The molecule has 3 heterocycles. The summed E-state index contributed by atoms with van der Waals surface area (Å²) in [6.07, 6.45) is 15.0. The Bertz CT molecular complexity index is 1730. The van der Waals surface area contributed by atoms with Crippen LogP contribution in [0.4, 0.5) is 0 Å². The minimum atomic E-state index is -0.456. The molecule has 0 spiro atoms. The number of hydrogen-bond acceptors (Lipinski definition) is 3. The van der Waals surface area contributed by atoms with E-state index in [1.807, 2.05) is 0 Å². The molecule has 6 heteroatoms. The number of piperidine rings is 3. The van der Waals surface area contributed by atoms with Gasteiger partial charge < -0.3 is 16.0 Å². The van der Waals surface area contributed by atoms with E-state index in [1.165, 1.54) is 60.4 Å². The largest absolute Gasteiger partial charge is 0.354 e. The van der Waals surface area contributed by atoms with E-state index < -0.39 is 6.04 Å². The fourth-order valence-corrected chi connectivity index (χ4v) is 9.80. The number of nitrogens with zero attached hydrogens (tertiary/aromatic N) is 2. The van der Waals surface area contributed by atoms with E-state index in [4.69, 9.17) is 4.99 Å². The normalized spacial score (nSPS) is 24.8. The number of amides is 1. The first-order valence-corrected chi connectivity index (χ1v) is 20.4. The summed E-state index contributed by atoms with van der Waals surface area (Å²) in [5.74, 6) is 1.53. The summed E-state index contributed by atoms with van der Waals surface area (Å²) in [6.45, 7) is 2.17. The molecule has 2 saturated carbocycles. The van der Waals surface area contributed by atoms with Gasteiger partial charge in [-0.1, -0.05) is 142 Å². The van der Waals surface area contributed by atoms with Crippen molar-refractivity contribution in [2.45, 2.75) is 120 Å². The van der Waals surface area contributed by atoms with Crippen LogP contribution in [0, 0.1) is 5.92 Å². The maximum Gasteiger partial charge on any atom is 0.243 e. The third kappa shape index (κ3) is 8.23. The molecule has 5 fully saturated rings. The Balaban J connectivity index is 1.12. The predicted octanol–water partition coefficient (Wildman–Crippen LogP) is 8.36. The molecule has 272 valence electrons. The highest BCUT2D eigenvalue weighted by Gasteiger charge is 2.47. The van der Waals surface area contributed by atoms with Gasteiger partial charge in [-0.3, -0.25) is 9.69 Å². The van der Waals surface area contributed by atoms with E-state index in [2.05, 4.69) is 124 Å². The van der Waals surface area contributed by atoms with Gasteiger partial charge in [0.2, 0.25) is 5.91 Å². The van der Waals surface area contributed by atoms with Crippen LogP contribution >= 0.6 is 0 Å². The van der Waals surface area contributed by atoms with Gasteiger partial charge in [-0.15, -0.1) is 0 Å². The smallest absolute Gasteiger partial charge is 0.243 e. The molecule has 5 aliphatic rings. The quantitative estimate of drug-likeness (QED) is 0.115. The molecule has 4 aromatic rings. The Morgan fingerprint density at radius 1 is 0.673 bits per heavy atom. The number of benzene rings is 4. The molecular weight excluding hydrogens is 639 g/mol. The Morgan fingerprint density at radius 2 is 1.29 bits per heavy atom. The van der Waals surface area contributed by atoms with Crippen molar-refractivity contribution in [3.05, 3.63) is 120 Å². The van der Waals surface area contributed by atoms with Crippen molar-refractivity contribution in [3.63, 3.8) is 0 Å². The summed E-state index contributed by atoms with van der Waals surface area (Å²) in [5, 5.41) is 13.9. The molecule has 52 heavy (non-hydrogen) atoms. The summed E-state index contributed by atoms with van der Waals surface area (Å²) in [4.78, 5) is 23.1. The molecule has 2 unspecified atom stereocenters. The molecule has 4 aromatic carbocycles. The number of nitrogens with one attached hydrogen (secondary N) is 3. The van der Waals surface area contributed by atoms with Gasteiger partial charge in [0, 0.05) is 30.5 Å². The average Bonchev–Trinajstić information content (AvgIpc) is 3.20. The highest BCUT2D eigenvalue weighted by Crippen LogP contribution is 2.42. The summed E-state index contributed by atoms with van der Waals surface area (Å²) >= 11 is 0. The first kappa shape index (κ1) is 34.9. The summed E-state index contributed by atoms with van der Waals surface area (Å²) in [7, 11) is 0. The lowest BCUT2D eigenvalue weighted by molar-refractivity contribution is -0.126. The number of carbonyl (C=O) groups excluding carboxylic acids is 1. The molecule has 9 rings (SSSR count). The summed E-state index contributed by atoms with van der Waals surface area (Å²) in [5.41, 5.74) is 3.79. The standard InChI is InChI=1S/C46H57N5O/c52-45(50-43-37-27-29-51(30-28-37)44(43)42(35-16-5-1-6-17-35)36-18-7-2-8-19-36)41(32-33-25-26-34-15-13-14-20-38(34)31-33)49-46(47-39-21-9-3-10-22-39)48-40-23-11-4-12-24-40/h1-2,5-8,13-20,25-26,31,37,39-44H,3-4,9-12,21-24,27-30,32H2,(H,50,52)(H2,47,48,49)/t41-,43?,44?/m0/s1. The average molecular weight is 696 g/mol. The van der Waals surface area contributed by atoms with Gasteiger partial charge in [0.1, 0.15) is 6.04 Å². The van der Waals surface area contributed by atoms with Crippen molar-refractivity contribution in [2.24, 2.45) is 10.9 Å². The van der Waals surface area contributed by atoms with Gasteiger partial charge in [-0.2, -0.15) is 0 Å². The SMILES string of the molecule is O=C(NC1C2CCN(CC2)C1C(c1ccccc1)c1ccccc1)[C@H](Cc1ccc2ccccc2c1)NC(=NC1CCCCC1)NC1CCCCC1. The second kappa shape index (κ2) is 16.7. The summed E-state index contributed by atoms with van der Waals surface area (Å²) in [6, 6.07) is 37.6. The second-order valence-corrected chi connectivity index (χ2v) is 16.0. The monoisotopic (exact) mass is 695 g/mol. The third-order valence-corrected chi connectivity index (χ3v) is 12.6. The number of guanidine groups is 1. The Labute approximate surface area is 310 Å². The maximum absolute atomic E-state index is 15.0. The molecule has 1 amide bonds. The fourth-order valence-electron chi connectivity index (χ4n) is 9.80. The molecule has 3 N–H and O–H groups in total. The van der Waals surface area contributed by atoms with Crippen molar-refractivity contribution >= 4 is 22.6 Å². The lowest BCUT2D eigenvalue weighted by Crippen LogP contribution is -2.67. The topological polar surface area (TPSA) is 68.8 Å². The number of carbonyl (C=O) groups is 1. The van der Waals surface area contributed by atoms with Crippen LogP contribution in [0.3, 0.4) is 0 Å². The van der Waals surface area contributed by atoms with Crippen LogP contribution in [0.2, 0.25) is 0 Å². The highest BCUT2D eigenvalue weighted by molar-refractivity contribution is 5.90. The van der Waals surface area contributed by atoms with E-state index in [0.29, 0.717) is 24.4 Å². The van der Waals surface area contributed by atoms with Crippen LogP contribution in [0.25, 0.3) is 10.8 Å². The van der Waals surface area contributed by atoms with E-state index in [0.717, 1.165) is 63.1 Å². The lowest BCUT2D eigenvalue weighted by Gasteiger charge is -2.54. The predicted molar refractivity (Wildman–Crippen MR) is 214 cm³/mol. The minimum Gasteiger partial charge on any atom is -0.354 e. The maximum atomic E-state index is 15.0. The molecule has 3 aliphatic heterocycles. The minimum absolute atomic E-state index is 0.0475. The number of aliphatic imine (C=N–C) groups is 1. The van der Waals surface area contributed by atoms with Gasteiger partial charge >= 0.3 is 0 Å². The van der Waals surface area contributed by atoms with E-state index in [1.54, 1.807) is 0 Å². The molecular formula is C46H57N5O. The Hall–Kier alpha value is -4.16. The third-order valence-electron chi connectivity index (χ3n) is 12.6. The van der Waals surface area contributed by atoms with Crippen LogP contribution in [-0.2, 0) is 11.2 Å². The molecule has 2 aliphatic carbocycles. The van der Waals surface area contributed by atoms with Crippen LogP contribution in [0.1, 0.15) is 99.7 Å². The lowest BCUT2D eigenvalue weighted by atomic mass is 9.70. The van der Waals surface area contributed by atoms with Crippen molar-refractivity contribution in [1.82, 2.24) is 20.9 Å². The highest BCUT2D eigenvalue weighted by atomic mass is 16.2. The molecule has 0 radical (unpaired) electrons. The molecule has 0 aromatic heterocycles. The molecule has 3 saturated heterocycles. The van der Waals surface area contributed by atoms with Gasteiger partial charge in [0.25, 0.3) is 0 Å². The zero-order valence-corrected chi connectivity index (χ0v) is 30.8. The van der Waals surface area contributed by atoms with E-state index in [9.17, 15) is 0 Å².